The van der Waals surface area contributed by atoms with Gasteiger partial charge in [0.05, 0.1) is 6.21 Å². The van der Waals surface area contributed by atoms with Crippen LogP contribution < -0.4 is 0 Å². The lowest BCUT2D eigenvalue weighted by atomic mass is 10.3. The van der Waals surface area contributed by atoms with Crippen LogP contribution in [0.25, 0.3) is 0 Å². The van der Waals surface area contributed by atoms with E-state index in [1.54, 1.807) is 0 Å². The fourth-order valence-corrected chi connectivity index (χ4v) is 0.839. The van der Waals surface area contributed by atoms with Gasteiger partial charge in [0.25, 0.3) is 0 Å². The number of oxime groups is 1. The molecule has 0 saturated heterocycles. The number of likely N-dealkylation sites (N-methyl/N-ethyl adjacent to an activating group) is 1. The van der Waals surface area contributed by atoms with E-state index >= 15 is 0 Å². The monoisotopic (exact) mass is 156 g/mol. The first-order valence-electron chi connectivity index (χ1n) is 3.73. The molecule has 0 bridgehead atoms. The Hall–Kier alpha value is -0.830. The summed E-state index contributed by atoms with van der Waals surface area (Å²) in [6.45, 7) is 10.3. The van der Waals surface area contributed by atoms with Crippen LogP contribution in [-0.4, -0.2) is 36.0 Å². The highest BCUT2D eigenvalue weighted by molar-refractivity contribution is 5.58. The first-order chi connectivity index (χ1) is 5.20. The van der Waals surface area contributed by atoms with Crippen molar-refractivity contribution in [1.82, 2.24) is 4.90 Å². The van der Waals surface area contributed by atoms with Gasteiger partial charge in [0.15, 0.2) is 0 Å². The molecule has 0 rings (SSSR count). The minimum atomic E-state index is 0.680. The summed E-state index contributed by atoms with van der Waals surface area (Å²) < 4.78 is 0. The fourth-order valence-electron chi connectivity index (χ4n) is 0.839. The molecule has 64 valence electrons. The largest absolute Gasteiger partial charge is 0.411 e. The Morgan fingerprint density at radius 2 is 2.36 bits per heavy atom. The SMILES string of the molecule is C=C(C)CN(CC)C/C=N/O. The highest BCUT2D eigenvalue weighted by Gasteiger charge is 1.98. The minimum absolute atomic E-state index is 0.680. The number of nitrogens with zero attached hydrogens (tertiary/aromatic N) is 2. The van der Waals surface area contributed by atoms with Gasteiger partial charge < -0.3 is 5.21 Å². The van der Waals surface area contributed by atoms with Crippen molar-refractivity contribution < 1.29 is 5.21 Å². The van der Waals surface area contributed by atoms with Crippen LogP contribution in [0.3, 0.4) is 0 Å². The van der Waals surface area contributed by atoms with Crippen LogP contribution >= 0.6 is 0 Å². The smallest absolute Gasteiger partial charge is 0.0576 e. The lowest BCUT2D eigenvalue weighted by Gasteiger charge is -2.17. The Kier molecular flexibility index (Phi) is 5.47. The molecule has 0 aliphatic rings. The summed E-state index contributed by atoms with van der Waals surface area (Å²) in [5.74, 6) is 0. The standard InChI is InChI=1S/C8H16N2O/c1-4-10(6-5-9-11)7-8(2)3/h5,11H,2,4,6-7H2,1,3H3/b9-5+. The molecule has 0 aliphatic carbocycles. The van der Waals surface area contributed by atoms with Crippen LogP contribution in [0.5, 0.6) is 0 Å². The lowest BCUT2D eigenvalue weighted by molar-refractivity contribution is 0.311. The van der Waals surface area contributed by atoms with E-state index in [1.165, 1.54) is 6.21 Å². The van der Waals surface area contributed by atoms with Gasteiger partial charge in [-0.15, -0.1) is 5.16 Å². The van der Waals surface area contributed by atoms with Gasteiger partial charge in [-0.1, -0.05) is 19.1 Å². The molecule has 0 radical (unpaired) electrons. The normalized spacial score (nSPS) is 11.2. The summed E-state index contributed by atoms with van der Waals surface area (Å²) >= 11 is 0. The molecule has 3 nitrogen and oxygen atoms in total. The molecule has 0 aromatic carbocycles. The molecular weight excluding hydrogens is 140 g/mol. The van der Waals surface area contributed by atoms with Crippen LogP contribution in [0, 0.1) is 0 Å². The quantitative estimate of drug-likeness (QED) is 0.282. The van der Waals surface area contributed by atoms with E-state index in [9.17, 15) is 0 Å². The fraction of sp³-hybridized carbons (Fsp3) is 0.625. The molecule has 0 fully saturated rings. The molecule has 0 amide bonds. The number of hydrogen-bond donors (Lipinski definition) is 1. The highest BCUT2D eigenvalue weighted by atomic mass is 16.4. The molecule has 0 spiro atoms. The van der Waals surface area contributed by atoms with Crippen LogP contribution in [-0.2, 0) is 0 Å². The second-order valence-electron chi connectivity index (χ2n) is 2.58. The molecule has 0 aliphatic heterocycles. The van der Waals surface area contributed by atoms with Crippen LogP contribution in [0.1, 0.15) is 13.8 Å². The molecule has 0 aromatic heterocycles. The van der Waals surface area contributed by atoms with Gasteiger partial charge >= 0.3 is 0 Å². The number of hydrogen-bond acceptors (Lipinski definition) is 3. The molecule has 0 saturated carbocycles. The molecule has 11 heavy (non-hydrogen) atoms. The Morgan fingerprint density at radius 1 is 1.73 bits per heavy atom. The van der Waals surface area contributed by atoms with E-state index in [4.69, 9.17) is 5.21 Å². The Balaban J connectivity index is 3.66. The Labute approximate surface area is 68.0 Å². The highest BCUT2D eigenvalue weighted by Crippen LogP contribution is 1.93. The maximum Gasteiger partial charge on any atom is 0.0576 e. The van der Waals surface area contributed by atoms with Crippen LogP contribution in [0.15, 0.2) is 17.3 Å². The molecule has 0 heterocycles. The zero-order valence-corrected chi connectivity index (χ0v) is 7.25. The van der Waals surface area contributed by atoms with E-state index in [0.717, 1.165) is 18.7 Å². The van der Waals surface area contributed by atoms with Gasteiger partial charge in [0, 0.05) is 13.1 Å². The minimum Gasteiger partial charge on any atom is -0.411 e. The summed E-state index contributed by atoms with van der Waals surface area (Å²) in [6.07, 6.45) is 1.48. The van der Waals surface area contributed by atoms with Crippen molar-refractivity contribution in [3.05, 3.63) is 12.2 Å². The van der Waals surface area contributed by atoms with Gasteiger partial charge in [-0.2, -0.15) is 0 Å². The zero-order chi connectivity index (χ0) is 8.69. The maximum absolute atomic E-state index is 8.17. The second kappa shape index (κ2) is 5.92. The van der Waals surface area contributed by atoms with Gasteiger partial charge in [-0.05, 0) is 13.5 Å². The Bertz CT molecular complexity index is 143. The topological polar surface area (TPSA) is 35.8 Å². The van der Waals surface area contributed by atoms with Crippen molar-refractivity contribution in [1.29, 1.82) is 0 Å². The number of rotatable bonds is 5. The van der Waals surface area contributed by atoms with Crippen molar-refractivity contribution in [2.45, 2.75) is 13.8 Å². The van der Waals surface area contributed by atoms with Crippen molar-refractivity contribution >= 4 is 6.21 Å². The van der Waals surface area contributed by atoms with E-state index in [-0.39, 0.29) is 0 Å². The average Bonchev–Trinajstić information content (AvgIpc) is 1.97. The first kappa shape index (κ1) is 10.2. The Morgan fingerprint density at radius 3 is 2.73 bits per heavy atom. The molecule has 0 aromatic rings. The summed E-state index contributed by atoms with van der Waals surface area (Å²) in [4.78, 5) is 2.13. The van der Waals surface area contributed by atoms with Gasteiger partial charge in [0.1, 0.15) is 0 Å². The van der Waals surface area contributed by atoms with Crippen molar-refractivity contribution in [3.63, 3.8) is 0 Å². The third-order valence-corrected chi connectivity index (χ3v) is 1.36. The first-order valence-corrected chi connectivity index (χ1v) is 3.73. The molecule has 0 unspecified atom stereocenters. The van der Waals surface area contributed by atoms with E-state index < -0.39 is 0 Å². The van der Waals surface area contributed by atoms with Crippen molar-refractivity contribution in [2.24, 2.45) is 5.16 Å². The third kappa shape index (κ3) is 5.61. The van der Waals surface area contributed by atoms with E-state index in [0.29, 0.717) is 6.54 Å². The summed E-state index contributed by atoms with van der Waals surface area (Å²) in [5.41, 5.74) is 1.12. The molecule has 0 atom stereocenters. The van der Waals surface area contributed by atoms with Gasteiger partial charge in [-0.3, -0.25) is 4.90 Å². The average molecular weight is 156 g/mol. The predicted octanol–water partition coefficient (Wildman–Crippen LogP) is 1.34. The van der Waals surface area contributed by atoms with Crippen LogP contribution in [0.2, 0.25) is 0 Å². The summed E-state index contributed by atoms with van der Waals surface area (Å²) in [5, 5.41) is 11.1. The van der Waals surface area contributed by atoms with E-state index in [2.05, 4.69) is 23.6 Å². The van der Waals surface area contributed by atoms with E-state index in [1.807, 2.05) is 6.92 Å². The third-order valence-electron chi connectivity index (χ3n) is 1.36. The maximum atomic E-state index is 8.17. The van der Waals surface area contributed by atoms with Gasteiger partial charge in [0.2, 0.25) is 0 Å². The summed E-state index contributed by atoms with van der Waals surface area (Å²) in [6, 6.07) is 0. The van der Waals surface area contributed by atoms with Gasteiger partial charge in [-0.25, -0.2) is 0 Å². The van der Waals surface area contributed by atoms with Crippen molar-refractivity contribution in [2.75, 3.05) is 19.6 Å². The van der Waals surface area contributed by atoms with Crippen molar-refractivity contribution in [3.8, 4) is 0 Å². The summed E-state index contributed by atoms with van der Waals surface area (Å²) in [7, 11) is 0. The molecular formula is C8H16N2O. The lowest BCUT2D eigenvalue weighted by Crippen LogP contribution is -2.26. The molecule has 1 N–H and O–H groups in total. The second-order valence-corrected chi connectivity index (χ2v) is 2.58. The van der Waals surface area contributed by atoms with Crippen LogP contribution in [0.4, 0.5) is 0 Å². The molecule has 3 heteroatoms. The predicted molar refractivity (Wildman–Crippen MR) is 47.2 cm³/mol. The zero-order valence-electron chi connectivity index (χ0n) is 7.25.